The van der Waals surface area contributed by atoms with Gasteiger partial charge in [-0.2, -0.15) is 4.98 Å². The van der Waals surface area contributed by atoms with Crippen LogP contribution in [-0.2, 0) is 9.47 Å². The predicted molar refractivity (Wildman–Crippen MR) is 79.2 cm³/mol. The van der Waals surface area contributed by atoms with Gasteiger partial charge < -0.3 is 19.6 Å². The first kappa shape index (κ1) is 14.2. The number of hydrogen-bond acceptors (Lipinski definition) is 5. The third kappa shape index (κ3) is 2.99. The zero-order valence-electron chi connectivity index (χ0n) is 11.0. The van der Waals surface area contributed by atoms with E-state index in [2.05, 4.69) is 25.9 Å². The average molecular weight is 353 g/mol. The molecule has 2 aromatic rings. The third-order valence-electron chi connectivity index (χ3n) is 3.15. The fraction of sp³-hybridized carbons (Fsp3) is 0.286. The topological polar surface area (TPSA) is 84.4 Å². The van der Waals surface area contributed by atoms with Crippen LogP contribution in [0.15, 0.2) is 33.5 Å². The molecular weight excluding hydrogens is 340 g/mol. The monoisotopic (exact) mass is 352 g/mol. The Labute approximate surface area is 128 Å². The number of halogens is 1. The van der Waals surface area contributed by atoms with Crippen LogP contribution in [0.4, 0.5) is 0 Å². The van der Waals surface area contributed by atoms with Crippen LogP contribution in [0.3, 0.4) is 0 Å². The van der Waals surface area contributed by atoms with Crippen LogP contribution in [0, 0.1) is 0 Å². The maximum absolute atomic E-state index is 12.2. The summed E-state index contributed by atoms with van der Waals surface area (Å²) in [6.07, 6.45) is -0.464. The largest absolute Gasteiger partial charge is 0.493 e. The molecule has 0 spiro atoms. The summed E-state index contributed by atoms with van der Waals surface area (Å²) in [6.45, 7) is 1.25. The van der Waals surface area contributed by atoms with Gasteiger partial charge in [0, 0.05) is 4.47 Å². The van der Waals surface area contributed by atoms with E-state index in [0.29, 0.717) is 25.4 Å². The number of nitrogens with zero attached hydrogens (tertiary/aromatic N) is 1. The Kier molecular flexibility index (Phi) is 4.05. The van der Waals surface area contributed by atoms with Gasteiger partial charge >= 0.3 is 0 Å². The van der Waals surface area contributed by atoms with E-state index in [1.54, 1.807) is 18.2 Å². The van der Waals surface area contributed by atoms with E-state index in [-0.39, 0.29) is 17.3 Å². The summed E-state index contributed by atoms with van der Waals surface area (Å²) in [5.41, 5.74) is 0.310. The first-order chi connectivity index (χ1) is 10.1. The van der Waals surface area contributed by atoms with Gasteiger partial charge in [-0.3, -0.25) is 4.79 Å². The van der Waals surface area contributed by atoms with Crippen LogP contribution in [0.25, 0.3) is 11.1 Å². The van der Waals surface area contributed by atoms with Crippen molar-refractivity contribution in [3.8, 4) is 17.0 Å². The lowest BCUT2D eigenvalue weighted by Gasteiger charge is -2.22. The van der Waals surface area contributed by atoms with Gasteiger partial charge in [-0.1, -0.05) is 28.1 Å². The van der Waals surface area contributed by atoms with Gasteiger partial charge in [-0.25, -0.2) is 0 Å². The van der Waals surface area contributed by atoms with Crippen molar-refractivity contribution >= 4 is 15.9 Å². The number of ether oxygens (including phenoxy) is 2. The zero-order chi connectivity index (χ0) is 14.8. The lowest BCUT2D eigenvalue weighted by molar-refractivity contribution is -0.0937. The molecule has 21 heavy (non-hydrogen) atoms. The van der Waals surface area contributed by atoms with E-state index in [4.69, 9.17) is 9.47 Å². The second-order valence-corrected chi connectivity index (χ2v) is 5.51. The van der Waals surface area contributed by atoms with Crippen molar-refractivity contribution < 1.29 is 14.6 Å². The van der Waals surface area contributed by atoms with Crippen molar-refractivity contribution in [2.75, 3.05) is 19.8 Å². The molecule has 0 radical (unpaired) electrons. The Hall–Kier alpha value is -1.70. The summed E-state index contributed by atoms with van der Waals surface area (Å²) in [5, 5.41) is 10.1. The molecule has 1 unspecified atom stereocenters. The van der Waals surface area contributed by atoms with Crippen molar-refractivity contribution in [1.29, 1.82) is 0 Å². The number of aromatic nitrogens is 2. The van der Waals surface area contributed by atoms with Crippen molar-refractivity contribution in [3.05, 3.63) is 44.9 Å². The van der Waals surface area contributed by atoms with Crippen molar-refractivity contribution in [1.82, 2.24) is 9.97 Å². The lowest BCUT2D eigenvalue weighted by atomic mass is 10.1. The third-order valence-corrected chi connectivity index (χ3v) is 3.65. The zero-order valence-corrected chi connectivity index (χ0v) is 12.6. The van der Waals surface area contributed by atoms with Crippen LogP contribution in [-0.4, -0.2) is 34.9 Å². The summed E-state index contributed by atoms with van der Waals surface area (Å²) in [4.78, 5) is 18.9. The number of hydrogen-bond donors (Lipinski definition) is 2. The Balaban J connectivity index is 2.02. The number of rotatable bonds is 2. The summed E-state index contributed by atoms with van der Waals surface area (Å²) in [6, 6.07) is 7.09. The molecule has 1 saturated heterocycles. The SMILES string of the molecule is O=c1[nH]c(C2COCCO2)nc(O)c1-c1cccc(Br)c1. The number of H-pyrrole nitrogens is 1. The highest BCUT2D eigenvalue weighted by Crippen LogP contribution is 2.27. The molecule has 1 aromatic carbocycles. The van der Waals surface area contributed by atoms with Gasteiger partial charge in [0.1, 0.15) is 17.5 Å². The summed E-state index contributed by atoms with van der Waals surface area (Å²) in [7, 11) is 0. The lowest BCUT2D eigenvalue weighted by Crippen LogP contribution is -2.26. The van der Waals surface area contributed by atoms with Gasteiger partial charge in [-0.05, 0) is 17.7 Å². The quantitative estimate of drug-likeness (QED) is 0.863. The van der Waals surface area contributed by atoms with E-state index in [0.717, 1.165) is 4.47 Å². The average Bonchev–Trinajstić information content (AvgIpc) is 2.47. The molecule has 1 fully saturated rings. The number of aromatic amines is 1. The van der Waals surface area contributed by atoms with Gasteiger partial charge in [-0.15, -0.1) is 0 Å². The maximum Gasteiger partial charge on any atom is 0.262 e. The van der Waals surface area contributed by atoms with Gasteiger partial charge in [0.05, 0.1) is 19.8 Å². The van der Waals surface area contributed by atoms with Gasteiger partial charge in [0.25, 0.3) is 5.56 Å². The first-order valence-electron chi connectivity index (χ1n) is 6.43. The molecule has 1 aliphatic heterocycles. The van der Waals surface area contributed by atoms with Crippen molar-refractivity contribution in [3.63, 3.8) is 0 Å². The van der Waals surface area contributed by atoms with E-state index in [9.17, 15) is 9.90 Å². The molecule has 0 bridgehead atoms. The molecule has 0 saturated carbocycles. The Morgan fingerprint density at radius 1 is 1.38 bits per heavy atom. The molecule has 7 heteroatoms. The normalized spacial score (nSPS) is 18.6. The summed E-state index contributed by atoms with van der Waals surface area (Å²) < 4.78 is 11.5. The Morgan fingerprint density at radius 2 is 2.24 bits per heavy atom. The van der Waals surface area contributed by atoms with Crippen molar-refractivity contribution in [2.24, 2.45) is 0 Å². The number of benzene rings is 1. The second-order valence-electron chi connectivity index (χ2n) is 4.59. The standard InChI is InChI=1S/C14H13BrN2O4/c15-9-3-1-2-8(6-9)11-13(18)16-12(17-14(11)19)10-7-20-4-5-21-10/h1-3,6,10H,4-5,7H2,(H2,16,17,18,19). The molecule has 0 aliphatic carbocycles. The minimum Gasteiger partial charge on any atom is -0.493 e. The van der Waals surface area contributed by atoms with Gasteiger partial charge in [0.2, 0.25) is 5.88 Å². The van der Waals surface area contributed by atoms with Crippen LogP contribution in [0.5, 0.6) is 5.88 Å². The Bertz CT molecular complexity index is 710. The molecule has 3 rings (SSSR count). The molecule has 2 heterocycles. The smallest absolute Gasteiger partial charge is 0.262 e. The first-order valence-corrected chi connectivity index (χ1v) is 7.23. The minimum atomic E-state index is -0.464. The highest BCUT2D eigenvalue weighted by Gasteiger charge is 2.22. The van der Waals surface area contributed by atoms with E-state index >= 15 is 0 Å². The molecule has 110 valence electrons. The molecule has 1 atom stereocenters. The molecule has 0 amide bonds. The maximum atomic E-state index is 12.2. The molecule has 1 aromatic heterocycles. The van der Waals surface area contributed by atoms with Crippen molar-refractivity contribution in [2.45, 2.75) is 6.10 Å². The van der Waals surface area contributed by atoms with Crippen LogP contribution >= 0.6 is 15.9 Å². The second kappa shape index (κ2) is 5.97. The number of aromatic hydroxyl groups is 1. The molecule has 2 N–H and O–H groups in total. The molecule has 6 nitrogen and oxygen atoms in total. The van der Waals surface area contributed by atoms with Crippen LogP contribution < -0.4 is 5.56 Å². The number of nitrogens with one attached hydrogen (secondary N) is 1. The summed E-state index contributed by atoms with van der Waals surface area (Å²) >= 11 is 3.33. The highest BCUT2D eigenvalue weighted by molar-refractivity contribution is 9.10. The van der Waals surface area contributed by atoms with Crippen LogP contribution in [0.1, 0.15) is 11.9 Å². The fourth-order valence-electron chi connectivity index (χ4n) is 2.18. The Morgan fingerprint density at radius 3 is 2.90 bits per heavy atom. The van der Waals surface area contributed by atoms with E-state index < -0.39 is 11.7 Å². The minimum absolute atomic E-state index is 0.136. The fourth-order valence-corrected chi connectivity index (χ4v) is 2.58. The highest BCUT2D eigenvalue weighted by atomic mass is 79.9. The molecule has 1 aliphatic rings. The van der Waals surface area contributed by atoms with E-state index in [1.165, 1.54) is 0 Å². The van der Waals surface area contributed by atoms with Crippen LogP contribution in [0.2, 0.25) is 0 Å². The summed E-state index contributed by atoms with van der Waals surface area (Å²) in [5.74, 6) is -0.0445. The molecular formula is C14H13BrN2O4. The van der Waals surface area contributed by atoms with E-state index in [1.807, 2.05) is 6.07 Å². The predicted octanol–water partition coefficient (Wildman–Crippen LogP) is 1.99. The van der Waals surface area contributed by atoms with Gasteiger partial charge in [0.15, 0.2) is 0 Å².